The van der Waals surface area contributed by atoms with Crippen molar-refractivity contribution in [1.29, 1.82) is 0 Å². The van der Waals surface area contributed by atoms with Gasteiger partial charge in [0.05, 0.1) is 13.7 Å². The number of carbonyl (C=O) groups excluding carboxylic acids is 1. The van der Waals surface area contributed by atoms with Gasteiger partial charge in [0, 0.05) is 32.2 Å². The Bertz CT molecular complexity index is 517. The molecular weight excluding hydrogens is 332 g/mol. The highest BCUT2D eigenvalue weighted by Crippen LogP contribution is 2.28. The lowest BCUT2D eigenvalue weighted by atomic mass is 10.0. The maximum atomic E-state index is 11.7. The van der Waals surface area contributed by atoms with Gasteiger partial charge in [0.1, 0.15) is 0 Å². The van der Waals surface area contributed by atoms with Crippen molar-refractivity contribution in [2.24, 2.45) is 5.92 Å². The summed E-state index contributed by atoms with van der Waals surface area (Å²) >= 11 is 0. The van der Waals surface area contributed by atoms with Gasteiger partial charge in [-0.1, -0.05) is 6.92 Å². The van der Waals surface area contributed by atoms with Crippen LogP contribution in [0.1, 0.15) is 43.5 Å². The first-order valence-corrected chi connectivity index (χ1v) is 9.41. The molecule has 1 amide bonds. The minimum Gasteiger partial charge on any atom is -0.493 e. The Labute approximate surface area is 157 Å². The smallest absolute Gasteiger partial charge is 0.251 e. The lowest BCUT2D eigenvalue weighted by Crippen LogP contribution is -2.27. The fraction of sp³-hybridized carbons (Fsp3) is 0.650. The van der Waals surface area contributed by atoms with Crippen molar-refractivity contribution in [1.82, 2.24) is 10.6 Å². The fourth-order valence-electron chi connectivity index (χ4n) is 2.60. The first kappa shape index (κ1) is 22.3. The van der Waals surface area contributed by atoms with Gasteiger partial charge >= 0.3 is 0 Å². The first-order valence-electron chi connectivity index (χ1n) is 9.41. The molecule has 148 valence electrons. The van der Waals surface area contributed by atoms with Crippen LogP contribution in [0, 0.1) is 5.92 Å². The molecule has 0 unspecified atom stereocenters. The van der Waals surface area contributed by atoms with Crippen LogP contribution in [0.4, 0.5) is 0 Å². The van der Waals surface area contributed by atoms with Gasteiger partial charge in [-0.25, -0.2) is 0 Å². The highest BCUT2D eigenvalue weighted by molar-refractivity contribution is 5.94. The normalized spacial score (nSPS) is 16.2. The molecule has 0 aromatic heterocycles. The van der Waals surface area contributed by atoms with Gasteiger partial charge in [0.2, 0.25) is 0 Å². The summed E-state index contributed by atoms with van der Waals surface area (Å²) < 4.78 is 15.8. The van der Waals surface area contributed by atoms with E-state index in [4.69, 9.17) is 14.2 Å². The molecule has 0 saturated carbocycles. The van der Waals surface area contributed by atoms with E-state index in [0.717, 1.165) is 12.3 Å². The summed E-state index contributed by atoms with van der Waals surface area (Å²) in [4.78, 5) is 11.7. The number of benzene rings is 1. The SMILES string of the molecule is CCNC(=O)c1ccc(OC)c(OCCCOC)c1.C[C@@H]1CCCNC1. The Morgan fingerprint density at radius 1 is 1.27 bits per heavy atom. The molecule has 1 saturated heterocycles. The molecule has 0 bridgehead atoms. The molecule has 0 spiro atoms. The summed E-state index contributed by atoms with van der Waals surface area (Å²) in [6, 6.07) is 5.14. The van der Waals surface area contributed by atoms with E-state index >= 15 is 0 Å². The van der Waals surface area contributed by atoms with Gasteiger partial charge in [-0.05, 0) is 57.0 Å². The molecular formula is C20H34N2O4. The monoisotopic (exact) mass is 366 g/mol. The molecule has 1 heterocycles. The van der Waals surface area contributed by atoms with Gasteiger partial charge in [-0.15, -0.1) is 0 Å². The molecule has 0 aliphatic carbocycles. The number of nitrogens with one attached hydrogen (secondary N) is 2. The average Bonchev–Trinajstić information content (AvgIpc) is 2.66. The summed E-state index contributed by atoms with van der Waals surface area (Å²) in [6.07, 6.45) is 3.58. The maximum Gasteiger partial charge on any atom is 0.251 e. The lowest BCUT2D eigenvalue weighted by Gasteiger charge is -2.17. The van der Waals surface area contributed by atoms with Crippen LogP contribution in [0.3, 0.4) is 0 Å². The summed E-state index contributed by atoms with van der Waals surface area (Å²) in [7, 11) is 3.22. The van der Waals surface area contributed by atoms with Crippen molar-refractivity contribution < 1.29 is 19.0 Å². The van der Waals surface area contributed by atoms with Crippen molar-refractivity contribution >= 4 is 5.91 Å². The molecule has 1 aromatic carbocycles. The number of piperidine rings is 1. The van der Waals surface area contributed by atoms with Crippen molar-refractivity contribution in [3.05, 3.63) is 23.8 Å². The lowest BCUT2D eigenvalue weighted by molar-refractivity contribution is 0.0955. The van der Waals surface area contributed by atoms with Crippen molar-refractivity contribution in [3.8, 4) is 11.5 Å². The largest absolute Gasteiger partial charge is 0.493 e. The van der Waals surface area contributed by atoms with E-state index < -0.39 is 0 Å². The van der Waals surface area contributed by atoms with Crippen LogP contribution in [-0.4, -0.2) is 53.0 Å². The summed E-state index contributed by atoms with van der Waals surface area (Å²) in [5, 5.41) is 6.08. The van der Waals surface area contributed by atoms with Crippen LogP contribution in [0.25, 0.3) is 0 Å². The van der Waals surface area contributed by atoms with Gasteiger partial charge in [0.25, 0.3) is 5.91 Å². The van der Waals surface area contributed by atoms with Crippen LogP contribution in [0.2, 0.25) is 0 Å². The molecule has 6 nitrogen and oxygen atoms in total. The zero-order valence-corrected chi connectivity index (χ0v) is 16.6. The van der Waals surface area contributed by atoms with Crippen LogP contribution in [0.15, 0.2) is 18.2 Å². The fourth-order valence-corrected chi connectivity index (χ4v) is 2.60. The van der Waals surface area contributed by atoms with Crippen LogP contribution < -0.4 is 20.1 Å². The Kier molecular flexibility index (Phi) is 11.5. The highest BCUT2D eigenvalue weighted by atomic mass is 16.5. The van der Waals surface area contributed by atoms with E-state index in [-0.39, 0.29) is 5.91 Å². The summed E-state index contributed by atoms with van der Waals surface area (Å²) in [5.74, 6) is 1.99. The third kappa shape index (κ3) is 8.54. The molecule has 1 aliphatic heterocycles. The molecule has 0 radical (unpaired) electrons. The average molecular weight is 367 g/mol. The second-order valence-corrected chi connectivity index (χ2v) is 6.37. The number of amides is 1. The highest BCUT2D eigenvalue weighted by Gasteiger charge is 2.10. The Balaban J connectivity index is 0.000000401. The van der Waals surface area contributed by atoms with Crippen molar-refractivity contribution in [2.75, 3.05) is 47.1 Å². The van der Waals surface area contributed by atoms with Gasteiger partial charge in [-0.3, -0.25) is 4.79 Å². The zero-order chi connectivity index (χ0) is 19.2. The minimum atomic E-state index is -0.119. The zero-order valence-electron chi connectivity index (χ0n) is 16.6. The molecule has 2 rings (SSSR count). The standard InChI is InChI=1S/C14H21NO4.C6H13N/c1-4-15-14(16)11-6-7-12(18-3)13(10-11)19-9-5-8-17-2;1-6-3-2-4-7-5-6/h6-7,10H,4-5,8-9H2,1-3H3,(H,15,16);6-7H,2-5H2,1H3/t;6-/m.1/s1. The van der Waals surface area contributed by atoms with Gasteiger partial charge in [-0.2, -0.15) is 0 Å². The number of hydrogen-bond donors (Lipinski definition) is 2. The second-order valence-electron chi connectivity index (χ2n) is 6.37. The van der Waals surface area contributed by atoms with Crippen LogP contribution >= 0.6 is 0 Å². The van der Waals surface area contributed by atoms with Gasteiger partial charge in [0.15, 0.2) is 11.5 Å². The summed E-state index contributed by atoms with van der Waals surface area (Å²) in [6.45, 7) is 8.40. The van der Waals surface area contributed by atoms with Gasteiger partial charge < -0.3 is 24.8 Å². The number of carbonyl (C=O) groups is 1. The number of methoxy groups -OCH3 is 2. The minimum absolute atomic E-state index is 0.119. The van der Waals surface area contributed by atoms with Crippen LogP contribution in [-0.2, 0) is 4.74 Å². The quantitative estimate of drug-likeness (QED) is 0.693. The molecule has 2 N–H and O–H groups in total. The Morgan fingerprint density at radius 2 is 2.08 bits per heavy atom. The molecule has 1 aliphatic rings. The van der Waals surface area contributed by atoms with Crippen molar-refractivity contribution in [3.63, 3.8) is 0 Å². The third-order valence-corrected chi connectivity index (χ3v) is 4.06. The van der Waals surface area contributed by atoms with E-state index in [9.17, 15) is 4.79 Å². The molecule has 26 heavy (non-hydrogen) atoms. The van der Waals surface area contributed by atoms with E-state index in [1.165, 1.54) is 25.9 Å². The first-order chi connectivity index (χ1) is 12.6. The Morgan fingerprint density at radius 3 is 2.62 bits per heavy atom. The topological polar surface area (TPSA) is 68.8 Å². The van der Waals surface area contributed by atoms with Crippen LogP contribution in [0.5, 0.6) is 11.5 Å². The predicted octanol–water partition coefficient (Wildman–Crippen LogP) is 2.87. The van der Waals surface area contributed by atoms with E-state index in [0.29, 0.717) is 36.8 Å². The number of rotatable bonds is 8. The number of ether oxygens (including phenoxy) is 3. The Hall–Kier alpha value is -1.79. The number of hydrogen-bond acceptors (Lipinski definition) is 5. The third-order valence-electron chi connectivity index (χ3n) is 4.06. The van der Waals surface area contributed by atoms with E-state index in [2.05, 4.69) is 17.6 Å². The maximum absolute atomic E-state index is 11.7. The van der Waals surface area contributed by atoms with Crippen molar-refractivity contribution in [2.45, 2.75) is 33.1 Å². The molecule has 1 atom stereocenters. The van der Waals surface area contributed by atoms with E-state index in [1.807, 2.05) is 6.92 Å². The van der Waals surface area contributed by atoms with E-state index in [1.54, 1.807) is 32.4 Å². The molecule has 1 fully saturated rings. The molecule has 1 aromatic rings. The predicted molar refractivity (Wildman–Crippen MR) is 104 cm³/mol. The molecule has 6 heteroatoms. The summed E-state index contributed by atoms with van der Waals surface area (Å²) in [5.41, 5.74) is 0.560. The second kappa shape index (κ2) is 13.4.